The molecule has 1 unspecified atom stereocenters. The summed E-state index contributed by atoms with van der Waals surface area (Å²) in [6.07, 6.45) is 5.47. The Morgan fingerprint density at radius 1 is 1.22 bits per heavy atom. The van der Waals surface area contributed by atoms with Gasteiger partial charge in [0.2, 0.25) is 0 Å². The minimum atomic E-state index is -0.0616. The number of hydrogen-bond acceptors (Lipinski definition) is 5. The number of pyridine rings is 1. The highest BCUT2D eigenvalue weighted by Gasteiger charge is 2.29. The second-order valence-corrected chi connectivity index (χ2v) is 7.68. The molecule has 1 aliphatic rings. The topological polar surface area (TPSA) is 63.6 Å². The molecular weight excluding hydrogens is 360 g/mol. The first-order chi connectivity index (χ1) is 13.3. The van der Waals surface area contributed by atoms with Crippen LogP contribution in [-0.4, -0.2) is 38.5 Å². The number of rotatable bonds is 3. The average Bonchev–Trinajstić information content (AvgIpc) is 3.48. The van der Waals surface area contributed by atoms with Gasteiger partial charge in [-0.1, -0.05) is 6.07 Å². The van der Waals surface area contributed by atoms with Crippen LogP contribution in [0, 0.1) is 0 Å². The van der Waals surface area contributed by atoms with Gasteiger partial charge in [0.15, 0.2) is 17.2 Å². The smallest absolute Gasteiger partial charge is 0.289 e. The lowest BCUT2D eigenvalue weighted by molar-refractivity contribution is 0.0672. The number of hydrogen-bond donors (Lipinski definition) is 0. The maximum absolute atomic E-state index is 12.6. The van der Waals surface area contributed by atoms with E-state index in [9.17, 15) is 4.79 Å². The maximum atomic E-state index is 12.6. The monoisotopic (exact) mass is 378 g/mol. The summed E-state index contributed by atoms with van der Waals surface area (Å²) in [7, 11) is 0. The van der Waals surface area contributed by atoms with Crippen molar-refractivity contribution in [3.63, 3.8) is 0 Å². The minimum absolute atomic E-state index is 0.0616. The standard InChI is InChI=1S/C20H18N4O2S/c25-20(16-5-2-10-26-16)23-9-1-4-15(12-23)19-21-18-8-7-14(13-24(18)22-19)17-6-3-11-27-17/h2-3,5-8,10-11,13,15H,1,4,9,12H2. The van der Waals surface area contributed by atoms with Crippen molar-refractivity contribution in [1.29, 1.82) is 0 Å². The van der Waals surface area contributed by atoms with Gasteiger partial charge in [0.25, 0.3) is 5.91 Å². The lowest BCUT2D eigenvalue weighted by Crippen LogP contribution is -2.39. The summed E-state index contributed by atoms with van der Waals surface area (Å²) >= 11 is 1.71. The number of carbonyl (C=O) groups excluding carboxylic acids is 1. The van der Waals surface area contributed by atoms with Crippen molar-refractivity contribution in [3.8, 4) is 10.4 Å². The van der Waals surface area contributed by atoms with Gasteiger partial charge in [-0.2, -0.15) is 5.10 Å². The molecule has 6 nitrogen and oxygen atoms in total. The highest BCUT2D eigenvalue weighted by molar-refractivity contribution is 7.13. The number of nitrogens with zero attached hydrogens (tertiary/aromatic N) is 4. The van der Waals surface area contributed by atoms with Gasteiger partial charge in [0, 0.05) is 35.6 Å². The summed E-state index contributed by atoms with van der Waals surface area (Å²) in [5.74, 6) is 1.27. The zero-order valence-corrected chi connectivity index (χ0v) is 15.4. The van der Waals surface area contributed by atoms with Crippen molar-refractivity contribution >= 4 is 22.9 Å². The number of piperidine rings is 1. The molecule has 0 saturated carbocycles. The lowest BCUT2D eigenvalue weighted by Gasteiger charge is -2.30. The Bertz CT molecular complexity index is 1070. The third kappa shape index (κ3) is 3.04. The van der Waals surface area contributed by atoms with Gasteiger partial charge in [-0.25, -0.2) is 9.50 Å². The number of fused-ring (bicyclic) bond motifs is 1. The normalized spacial score (nSPS) is 17.5. The number of carbonyl (C=O) groups is 1. The third-order valence-electron chi connectivity index (χ3n) is 4.96. The summed E-state index contributed by atoms with van der Waals surface area (Å²) in [5, 5.41) is 6.78. The molecule has 1 aliphatic heterocycles. The fraction of sp³-hybridized carbons (Fsp3) is 0.250. The molecular formula is C20H18N4O2S. The third-order valence-corrected chi connectivity index (χ3v) is 5.88. The first-order valence-corrected chi connectivity index (χ1v) is 9.89. The summed E-state index contributed by atoms with van der Waals surface area (Å²) in [4.78, 5) is 20.3. The SMILES string of the molecule is O=C(c1ccco1)N1CCCC(c2nc3ccc(-c4cccs4)cn3n2)C1. The predicted octanol–water partition coefficient (Wildman–Crippen LogP) is 4.07. The Labute approximate surface area is 160 Å². The summed E-state index contributed by atoms with van der Waals surface area (Å²) in [5.41, 5.74) is 1.96. The number of aromatic nitrogens is 3. The van der Waals surface area contributed by atoms with Crippen molar-refractivity contribution in [2.75, 3.05) is 13.1 Å². The van der Waals surface area contributed by atoms with E-state index >= 15 is 0 Å². The van der Waals surface area contributed by atoms with Crippen LogP contribution in [0.5, 0.6) is 0 Å². The molecule has 1 fully saturated rings. The van der Waals surface area contributed by atoms with Crippen molar-refractivity contribution in [3.05, 3.63) is 65.8 Å². The van der Waals surface area contributed by atoms with E-state index < -0.39 is 0 Å². The molecule has 0 aliphatic carbocycles. The van der Waals surface area contributed by atoms with E-state index in [1.54, 1.807) is 23.5 Å². The fourth-order valence-electron chi connectivity index (χ4n) is 3.59. The zero-order chi connectivity index (χ0) is 18.2. The van der Waals surface area contributed by atoms with Crippen molar-refractivity contribution in [2.45, 2.75) is 18.8 Å². The van der Waals surface area contributed by atoms with Gasteiger partial charge in [-0.05, 0) is 48.6 Å². The summed E-state index contributed by atoms with van der Waals surface area (Å²) in [6, 6.07) is 11.7. The molecule has 136 valence electrons. The van der Waals surface area contributed by atoms with Crippen LogP contribution in [0.25, 0.3) is 16.1 Å². The van der Waals surface area contributed by atoms with Gasteiger partial charge in [-0.3, -0.25) is 4.79 Å². The Morgan fingerprint density at radius 3 is 3.00 bits per heavy atom. The minimum Gasteiger partial charge on any atom is -0.459 e. The molecule has 4 aromatic heterocycles. The highest BCUT2D eigenvalue weighted by atomic mass is 32.1. The molecule has 4 aromatic rings. The van der Waals surface area contributed by atoms with E-state index in [2.05, 4.69) is 17.5 Å². The first kappa shape index (κ1) is 16.3. The second-order valence-electron chi connectivity index (χ2n) is 6.74. The maximum Gasteiger partial charge on any atom is 0.289 e. The van der Waals surface area contributed by atoms with E-state index in [1.165, 1.54) is 11.1 Å². The quantitative estimate of drug-likeness (QED) is 0.539. The molecule has 1 amide bonds. The van der Waals surface area contributed by atoms with Crippen LogP contribution >= 0.6 is 11.3 Å². The molecule has 0 bridgehead atoms. The number of amides is 1. The Morgan fingerprint density at radius 2 is 2.19 bits per heavy atom. The molecule has 5 rings (SSSR count). The van der Waals surface area contributed by atoms with E-state index in [1.807, 2.05) is 27.7 Å². The number of thiophene rings is 1. The largest absolute Gasteiger partial charge is 0.459 e. The average molecular weight is 378 g/mol. The Hall–Kier alpha value is -2.93. The van der Waals surface area contributed by atoms with Crippen molar-refractivity contribution < 1.29 is 9.21 Å². The van der Waals surface area contributed by atoms with Crippen molar-refractivity contribution in [2.24, 2.45) is 0 Å². The Balaban J connectivity index is 1.40. The van der Waals surface area contributed by atoms with Gasteiger partial charge in [0.1, 0.15) is 0 Å². The number of furan rings is 1. The summed E-state index contributed by atoms with van der Waals surface area (Å²) < 4.78 is 7.11. The molecule has 27 heavy (non-hydrogen) atoms. The van der Waals surface area contributed by atoms with E-state index in [0.29, 0.717) is 12.3 Å². The molecule has 1 atom stereocenters. The molecule has 1 saturated heterocycles. The van der Waals surface area contributed by atoms with Crippen LogP contribution in [0.4, 0.5) is 0 Å². The molecule has 5 heterocycles. The zero-order valence-electron chi connectivity index (χ0n) is 14.6. The van der Waals surface area contributed by atoms with Crippen LogP contribution in [0.3, 0.4) is 0 Å². The fourth-order valence-corrected chi connectivity index (χ4v) is 4.31. The molecule has 0 N–H and O–H groups in total. The predicted molar refractivity (Wildman–Crippen MR) is 103 cm³/mol. The lowest BCUT2D eigenvalue weighted by atomic mass is 9.97. The van der Waals surface area contributed by atoms with Crippen LogP contribution in [-0.2, 0) is 0 Å². The first-order valence-electron chi connectivity index (χ1n) is 9.01. The molecule has 0 spiro atoms. The van der Waals surface area contributed by atoms with Crippen molar-refractivity contribution in [1.82, 2.24) is 19.5 Å². The molecule has 0 aromatic carbocycles. The van der Waals surface area contributed by atoms with Crippen LogP contribution in [0.15, 0.2) is 58.7 Å². The van der Waals surface area contributed by atoms with Gasteiger partial charge in [0.05, 0.1) is 6.26 Å². The number of likely N-dealkylation sites (tertiary alicyclic amines) is 1. The van der Waals surface area contributed by atoms with E-state index in [4.69, 9.17) is 14.5 Å². The van der Waals surface area contributed by atoms with Gasteiger partial charge < -0.3 is 9.32 Å². The second kappa shape index (κ2) is 6.66. The molecule has 0 radical (unpaired) electrons. The van der Waals surface area contributed by atoms with Crippen LogP contribution in [0.2, 0.25) is 0 Å². The van der Waals surface area contributed by atoms with E-state index in [0.717, 1.165) is 36.4 Å². The summed E-state index contributed by atoms with van der Waals surface area (Å²) in [6.45, 7) is 1.36. The molecule has 7 heteroatoms. The highest BCUT2D eigenvalue weighted by Crippen LogP contribution is 2.28. The Kier molecular flexibility index (Phi) is 4.01. The van der Waals surface area contributed by atoms with Crippen LogP contribution in [0.1, 0.15) is 35.1 Å². The van der Waals surface area contributed by atoms with Gasteiger partial charge >= 0.3 is 0 Å². The van der Waals surface area contributed by atoms with E-state index in [-0.39, 0.29) is 11.8 Å². The van der Waals surface area contributed by atoms with Gasteiger partial charge in [-0.15, -0.1) is 11.3 Å². The van der Waals surface area contributed by atoms with Crippen LogP contribution < -0.4 is 0 Å².